The maximum absolute atomic E-state index is 14.1. The van der Waals surface area contributed by atoms with Gasteiger partial charge >= 0.3 is 0 Å². The fourth-order valence-corrected chi connectivity index (χ4v) is 3.28. The number of hydrogen-bond acceptors (Lipinski definition) is 2. The third-order valence-corrected chi connectivity index (χ3v) is 4.98. The van der Waals surface area contributed by atoms with Gasteiger partial charge in [0.25, 0.3) is 0 Å². The van der Waals surface area contributed by atoms with Crippen molar-refractivity contribution >= 4 is 15.9 Å². The Morgan fingerprint density at radius 2 is 1.95 bits per heavy atom. The van der Waals surface area contributed by atoms with Gasteiger partial charge in [-0.3, -0.25) is 0 Å². The van der Waals surface area contributed by atoms with Gasteiger partial charge in [-0.05, 0) is 65.6 Å². The monoisotopic (exact) mass is 345 g/mol. The number of aliphatic hydroxyl groups excluding tert-OH is 1. The highest BCUT2D eigenvalue weighted by Gasteiger charge is 2.38. The number of halogens is 3. The van der Waals surface area contributed by atoms with Crippen LogP contribution in [0.5, 0.6) is 0 Å². The van der Waals surface area contributed by atoms with E-state index in [1.165, 1.54) is 12.1 Å². The van der Waals surface area contributed by atoms with Gasteiger partial charge in [0.05, 0.1) is 4.47 Å². The quantitative estimate of drug-likeness (QED) is 0.800. The van der Waals surface area contributed by atoms with Crippen LogP contribution in [-0.4, -0.2) is 17.8 Å². The van der Waals surface area contributed by atoms with Crippen LogP contribution in [0.15, 0.2) is 16.6 Å². The van der Waals surface area contributed by atoms with Crippen molar-refractivity contribution in [2.24, 2.45) is 11.8 Å². The molecule has 0 heterocycles. The first-order chi connectivity index (χ1) is 9.58. The lowest BCUT2D eigenvalue weighted by Gasteiger charge is -2.38. The molecule has 1 unspecified atom stereocenters. The van der Waals surface area contributed by atoms with Crippen LogP contribution in [0.1, 0.15) is 37.3 Å². The smallest absolute Gasteiger partial charge is 0.137 e. The molecule has 1 aromatic rings. The molecule has 1 atom stereocenters. The molecule has 0 saturated heterocycles. The van der Waals surface area contributed by atoms with Crippen molar-refractivity contribution in [3.05, 3.63) is 33.8 Å². The lowest BCUT2D eigenvalue weighted by Crippen LogP contribution is -2.44. The predicted molar refractivity (Wildman–Crippen MR) is 76.3 cm³/mol. The number of benzene rings is 1. The van der Waals surface area contributed by atoms with Gasteiger partial charge in [-0.2, -0.15) is 0 Å². The lowest BCUT2D eigenvalue weighted by atomic mass is 9.80. The summed E-state index contributed by atoms with van der Waals surface area (Å²) in [5.74, 6) is -0.0199. The molecule has 2 nitrogen and oxygen atoms in total. The minimum atomic E-state index is -0.421. The van der Waals surface area contributed by atoms with Gasteiger partial charge in [-0.25, -0.2) is 8.78 Å². The van der Waals surface area contributed by atoms with E-state index >= 15 is 0 Å². The Morgan fingerprint density at radius 1 is 1.25 bits per heavy atom. The molecule has 0 aromatic heterocycles. The van der Waals surface area contributed by atoms with E-state index in [1.807, 2.05) is 0 Å². The second-order valence-electron chi connectivity index (χ2n) is 5.99. The van der Waals surface area contributed by atoms with E-state index < -0.39 is 5.82 Å². The molecule has 20 heavy (non-hydrogen) atoms. The average molecular weight is 346 g/mol. The first-order valence-electron chi connectivity index (χ1n) is 7.09. The van der Waals surface area contributed by atoms with Crippen molar-refractivity contribution in [1.82, 2.24) is 5.32 Å². The maximum atomic E-state index is 14.1. The second-order valence-corrected chi connectivity index (χ2v) is 6.84. The fraction of sp³-hybridized carbons (Fsp3) is 0.600. The standard InChI is InChI=1S/C15H18BrF2NO/c16-12-6-13(17)11(5-14(12)18)15(9-1-2-9)19-10-3-8(4-10)7-20/h5-6,8-10,15,19-20H,1-4,7H2. The fourth-order valence-electron chi connectivity index (χ4n) is 2.96. The normalized spacial score (nSPS) is 27.2. The molecule has 0 bridgehead atoms. The third-order valence-electron chi connectivity index (χ3n) is 4.38. The van der Waals surface area contributed by atoms with E-state index in [0.29, 0.717) is 23.4 Å². The van der Waals surface area contributed by atoms with E-state index in [4.69, 9.17) is 5.11 Å². The molecular weight excluding hydrogens is 328 g/mol. The van der Waals surface area contributed by atoms with Crippen LogP contribution in [0.3, 0.4) is 0 Å². The highest BCUT2D eigenvalue weighted by atomic mass is 79.9. The van der Waals surface area contributed by atoms with Gasteiger partial charge in [-0.1, -0.05) is 0 Å². The van der Waals surface area contributed by atoms with Gasteiger partial charge in [0.15, 0.2) is 0 Å². The number of nitrogens with one attached hydrogen (secondary N) is 1. The Kier molecular flexibility index (Phi) is 4.11. The zero-order valence-electron chi connectivity index (χ0n) is 11.1. The predicted octanol–water partition coefficient (Wildman–Crippen LogP) is 3.54. The van der Waals surface area contributed by atoms with Crippen LogP contribution in [-0.2, 0) is 0 Å². The van der Waals surface area contributed by atoms with Crippen LogP contribution >= 0.6 is 15.9 Å². The zero-order valence-corrected chi connectivity index (χ0v) is 12.7. The Bertz CT molecular complexity index is 501. The van der Waals surface area contributed by atoms with Crippen molar-refractivity contribution in [1.29, 1.82) is 0 Å². The molecule has 2 saturated carbocycles. The average Bonchev–Trinajstić information content (AvgIpc) is 3.17. The zero-order chi connectivity index (χ0) is 14.3. The first kappa shape index (κ1) is 14.4. The molecule has 3 rings (SSSR count). The number of rotatable bonds is 5. The minimum absolute atomic E-state index is 0.109. The van der Waals surface area contributed by atoms with Crippen LogP contribution in [0.25, 0.3) is 0 Å². The Balaban J connectivity index is 1.76. The van der Waals surface area contributed by atoms with E-state index in [9.17, 15) is 8.78 Å². The summed E-state index contributed by atoms with van der Waals surface area (Å²) in [5.41, 5.74) is 0.431. The summed E-state index contributed by atoms with van der Waals surface area (Å²) in [6.07, 6.45) is 3.95. The van der Waals surface area contributed by atoms with Crippen molar-refractivity contribution < 1.29 is 13.9 Å². The van der Waals surface area contributed by atoms with Gasteiger partial charge in [-0.15, -0.1) is 0 Å². The summed E-state index contributed by atoms with van der Waals surface area (Å²) >= 11 is 3.01. The highest BCUT2D eigenvalue weighted by Crippen LogP contribution is 2.44. The van der Waals surface area contributed by atoms with Gasteiger partial charge < -0.3 is 10.4 Å². The summed E-state index contributed by atoms with van der Waals surface area (Å²) in [5, 5.41) is 12.5. The molecule has 2 aliphatic carbocycles. The number of hydrogen-bond donors (Lipinski definition) is 2. The topological polar surface area (TPSA) is 32.3 Å². The highest BCUT2D eigenvalue weighted by molar-refractivity contribution is 9.10. The number of aliphatic hydroxyl groups is 1. The van der Waals surface area contributed by atoms with Gasteiger partial charge in [0, 0.05) is 24.3 Å². The molecule has 110 valence electrons. The molecule has 2 N–H and O–H groups in total. The van der Waals surface area contributed by atoms with Crippen LogP contribution < -0.4 is 5.32 Å². The molecular formula is C15H18BrF2NO. The SMILES string of the molecule is OCC1CC(NC(c2cc(F)c(Br)cc2F)C2CC2)C1. The van der Waals surface area contributed by atoms with Crippen LogP contribution in [0.4, 0.5) is 8.78 Å². The molecule has 0 amide bonds. The molecule has 2 aliphatic rings. The Morgan fingerprint density at radius 3 is 2.55 bits per heavy atom. The van der Waals surface area contributed by atoms with Crippen molar-refractivity contribution in [2.45, 2.75) is 37.8 Å². The summed E-state index contributed by atoms with van der Waals surface area (Å²) in [4.78, 5) is 0. The van der Waals surface area contributed by atoms with E-state index in [0.717, 1.165) is 25.7 Å². The Labute approximate surface area is 125 Å². The maximum Gasteiger partial charge on any atom is 0.137 e. The molecule has 1 aromatic carbocycles. The first-order valence-corrected chi connectivity index (χ1v) is 7.89. The second kappa shape index (κ2) is 5.70. The summed E-state index contributed by atoms with van der Waals surface area (Å²) in [6, 6.07) is 2.71. The van der Waals surface area contributed by atoms with Crippen molar-refractivity contribution in [2.75, 3.05) is 6.61 Å². The molecule has 0 aliphatic heterocycles. The van der Waals surface area contributed by atoms with Crippen molar-refractivity contribution in [3.8, 4) is 0 Å². The Hall–Kier alpha value is -0.520. The largest absolute Gasteiger partial charge is 0.396 e. The molecule has 0 radical (unpaired) electrons. The van der Waals surface area contributed by atoms with E-state index in [-0.39, 0.29) is 22.9 Å². The van der Waals surface area contributed by atoms with Gasteiger partial charge in [0.2, 0.25) is 0 Å². The summed E-state index contributed by atoms with van der Waals surface area (Å²) < 4.78 is 28.0. The van der Waals surface area contributed by atoms with Gasteiger partial charge in [0.1, 0.15) is 11.6 Å². The van der Waals surface area contributed by atoms with E-state index in [1.54, 1.807) is 0 Å². The summed E-state index contributed by atoms with van der Waals surface area (Å²) in [6.45, 7) is 0.216. The van der Waals surface area contributed by atoms with E-state index in [2.05, 4.69) is 21.2 Å². The molecule has 2 fully saturated rings. The minimum Gasteiger partial charge on any atom is -0.396 e. The van der Waals surface area contributed by atoms with Crippen LogP contribution in [0.2, 0.25) is 0 Å². The van der Waals surface area contributed by atoms with Crippen LogP contribution in [0, 0.1) is 23.5 Å². The van der Waals surface area contributed by atoms with Crippen molar-refractivity contribution in [3.63, 3.8) is 0 Å². The summed E-state index contributed by atoms with van der Waals surface area (Å²) in [7, 11) is 0. The molecule has 5 heteroatoms. The lowest BCUT2D eigenvalue weighted by molar-refractivity contribution is 0.118. The molecule has 0 spiro atoms. The third kappa shape index (κ3) is 2.90.